The van der Waals surface area contributed by atoms with Crippen molar-refractivity contribution < 1.29 is 8.42 Å². The van der Waals surface area contributed by atoms with Gasteiger partial charge >= 0.3 is 0 Å². The molecule has 2 fully saturated rings. The maximum absolute atomic E-state index is 12.7. The average molecular weight is 402 g/mol. The lowest BCUT2D eigenvalue weighted by Crippen LogP contribution is -2.39. The van der Waals surface area contributed by atoms with Crippen LogP contribution in [0.2, 0.25) is 0 Å². The average Bonchev–Trinajstić information content (AvgIpc) is 2.81. The molecule has 114 valence electrons. The van der Waals surface area contributed by atoms with Crippen LogP contribution in [0.25, 0.3) is 0 Å². The van der Waals surface area contributed by atoms with Crippen molar-refractivity contribution in [3.05, 3.63) is 14.7 Å². The number of rotatable bonds is 2. The highest BCUT2D eigenvalue weighted by Crippen LogP contribution is 2.33. The topological polar surface area (TPSA) is 49.4 Å². The third-order valence-corrected chi connectivity index (χ3v) is 7.62. The lowest BCUT2D eigenvalue weighted by Gasteiger charge is -2.23. The van der Waals surface area contributed by atoms with E-state index in [-0.39, 0.29) is 12.4 Å². The van der Waals surface area contributed by atoms with Gasteiger partial charge in [0.05, 0.1) is 8.68 Å². The largest absolute Gasteiger partial charge is 0.310 e. The van der Waals surface area contributed by atoms with Crippen molar-refractivity contribution in [3.63, 3.8) is 0 Å². The van der Waals surface area contributed by atoms with Crippen LogP contribution in [0.15, 0.2) is 14.7 Å². The minimum atomic E-state index is -3.34. The van der Waals surface area contributed by atoms with Crippen LogP contribution in [0.5, 0.6) is 0 Å². The summed E-state index contributed by atoms with van der Waals surface area (Å²) >= 11 is 4.85. The Morgan fingerprint density at radius 2 is 2.05 bits per heavy atom. The monoisotopic (exact) mass is 400 g/mol. The molecule has 2 aliphatic rings. The summed E-state index contributed by atoms with van der Waals surface area (Å²) in [7, 11) is -3.34. The van der Waals surface area contributed by atoms with E-state index in [1.807, 2.05) is 6.92 Å². The quantitative estimate of drug-likeness (QED) is 0.829. The minimum absolute atomic E-state index is 0. The van der Waals surface area contributed by atoms with Crippen LogP contribution >= 0.6 is 39.7 Å². The van der Waals surface area contributed by atoms with E-state index >= 15 is 0 Å². The fourth-order valence-electron chi connectivity index (χ4n) is 2.96. The number of hydrogen-bond acceptors (Lipinski definition) is 4. The molecule has 0 spiro atoms. The van der Waals surface area contributed by atoms with Crippen molar-refractivity contribution >= 4 is 49.7 Å². The number of nitrogens with zero attached hydrogens (tertiary/aromatic N) is 1. The lowest BCUT2D eigenvalue weighted by molar-refractivity contribution is 0.383. The summed E-state index contributed by atoms with van der Waals surface area (Å²) in [6, 6.07) is 2.55. The molecule has 3 rings (SSSR count). The van der Waals surface area contributed by atoms with Crippen molar-refractivity contribution in [1.82, 2.24) is 9.62 Å². The molecule has 1 aromatic rings. The highest BCUT2D eigenvalue weighted by atomic mass is 79.9. The lowest BCUT2D eigenvalue weighted by atomic mass is 10.1. The van der Waals surface area contributed by atoms with Crippen molar-refractivity contribution in [1.29, 1.82) is 0 Å². The van der Waals surface area contributed by atoms with Gasteiger partial charge in [-0.3, -0.25) is 0 Å². The van der Waals surface area contributed by atoms with Gasteiger partial charge in [-0.25, -0.2) is 8.42 Å². The van der Waals surface area contributed by atoms with Gasteiger partial charge in [0.2, 0.25) is 10.0 Å². The molecule has 2 atom stereocenters. The van der Waals surface area contributed by atoms with Gasteiger partial charge < -0.3 is 5.32 Å². The van der Waals surface area contributed by atoms with Gasteiger partial charge in [0, 0.05) is 30.1 Å². The number of nitrogens with one attached hydrogen (secondary N) is 1. The van der Waals surface area contributed by atoms with Crippen molar-refractivity contribution in [2.24, 2.45) is 0 Å². The Hall–Kier alpha value is 0.340. The fraction of sp³-hybridized carbons (Fsp3) is 0.667. The summed E-state index contributed by atoms with van der Waals surface area (Å²) in [5.74, 6) is 0. The third kappa shape index (κ3) is 3.08. The summed E-state index contributed by atoms with van der Waals surface area (Å²) in [5, 5.41) is 3.51. The smallest absolute Gasteiger partial charge is 0.244 e. The van der Waals surface area contributed by atoms with Gasteiger partial charge in [-0.05, 0) is 48.2 Å². The molecule has 4 nitrogen and oxygen atoms in total. The van der Waals surface area contributed by atoms with Gasteiger partial charge in [-0.15, -0.1) is 23.7 Å². The number of fused-ring (bicyclic) bond motifs is 2. The molecule has 0 saturated carbocycles. The van der Waals surface area contributed by atoms with Crippen molar-refractivity contribution in [2.75, 3.05) is 13.1 Å². The number of sulfonamides is 1. The molecule has 0 amide bonds. The Kier molecular flexibility index (Phi) is 5.20. The molecule has 1 N–H and O–H groups in total. The maximum atomic E-state index is 12.7. The molecule has 2 aliphatic heterocycles. The van der Waals surface area contributed by atoms with E-state index < -0.39 is 10.0 Å². The summed E-state index contributed by atoms with van der Waals surface area (Å²) < 4.78 is 28.0. The van der Waals surface area contributed by atoms with Crippen molar-refractivity contribution in [2.45, 2.75) is 43.2 Å². The predicted molar refractivity (Wildman–Crippen MR) is 87.3 cm³/mol. The van der Waals surface area contributed by atoms with E-state index in [1.165, 1.54) is 17.8 Å². The fourth-order valence-corrected chi connectivity index (χ4v) is 6.84. The molecule has 8 heteroatoms. The van der Waals surface area contributed by atoms with Crippen LogP contribution in [0.1, 0.15) is 24.1 Å². The van der Waals surface area contributed by atoms with Gasteiger partial charge in [-0.1, -0.05) is 0 Å². The van der Waals surface area contributed by atoms with Crippen LogP contribution in [0.4, 0.5) is 0 Å². The molecule has 2 bridgehead atoms. The van der Waals surface area contributed by atoms with E-state index in [0.29, 0.717) is 30.1 Å². The van der Waals surface area contributed by atoms with Crippen LogP contribution in [-0.4, -0.2) is 37.9 Å². The zero-order valence-electron chi connectivity index (χ0n) is 11.1. The number of halogens is 2. The molecule has 20 heavy (non-hydrogen) atoms. The summed E-state index contributed by atoms with van der Waals surface area (Å²) in [5.41, 5.74) is 0. The standard InChI is InChI=1S/C12H17BrN2O2S2.ClH/c1-8-11(6-12(13)18-8)19(16,17)15-5-4-9-2-3-10(7-15)14-9;/h6,9-10,14H,2-5,7H2,1H3;1H. The zero-order chi connectivity index (χ0) is 13.6. The van der Waals surface area contributed by atoms with Gasteiger partial charge in [0.15, 0.2) is 0 Å². The van der Waals surface area contributed by atoms with Gasteiger partial charge in [-0.2, -0.15) is 4.31 Å². The number of aryl methyl sites for hydroxylation is 1. The molecule has 2 saturated heterocycles. The minimum Gasteiger partial charge on any atom is -0.310 e. The zero-order valence-corrected chi connectivity index (χ0v) is 15.2. The first kappa shape index (κ1) is 16.7. The number of thiophene rings is 1. The first-order valence-corrected chi connectivity index (χ1v) is 9.54. The van der Waals surface area contributed by atoms with Crippen LogP contribution in [0, 0.1) is 6.92 Å². The summed E-state index contributed by atoms with van der Waals surface area (Å²) in [6.07, 6.45) is 3.19. The number of hydrogen-bond donors (Lipinski definition) is 1. The Balaban J connectivity index is 0.00000147. The molecule has 2 unspecified atom stereocenters. The molecule has 3 heterocycles. The summed E-state index contributed by atoms with van der Waals surface area (Å²) in [4.78, 5) is 1.32. The SMILES string of the molecule is Cc1sc(Br)cc1S(=O)(=O)N1CCC2CCC(C1)N2.Cl. The summed E-state index contributed by atoms with van der Waals surface area (Å²) in [6.45, 7) is 3.10. The highest BCUT2D eigenvalue weighted by Gasteiger charge is 2.35. The van der Waals surface area contributed by atoms with E-state index in [9.17, 15) is 8.42 Å². The first-order chi connectivity index (χ1) is 8.96. The second-order valence-electron chi connectivity index (χ2n) is 5.26. The molecule has 1 aromatic heterocycles. The van der Waals surface area contributed by atoms with E-state index in [2.05, 4.69) is 21.2 Å². The Morgan fingerprint density at radius 1 is 1.35 bits per heavy atom. The first-order valence-electron chi connectivity index (χ1n) is 6.49. The molecular weight excluding hydrogens is 384 g/mol. The van der Waals surface area contributed by atoms with Crippen LogP contribution in [0.3, 0.4) is 0 Å². The van der Waals surface area contributed by atoms with E-state index in [4.69, 9.17) is 0 Å². The van der Waals surface area contributed by atoms with Crippen LogP contribution < -0.4 is 5.32 Å². The molecule has 0 aliphatic carbocycles. The normalized spacial score (nSPS) is 27.1. The van der Waals surface area contributed by atoms with Crippen LogP contribution in [-0.2, 0) is 10.0 Å². The second kappa shape index (κ2) is 6.22. The Bertz CT molecular complexity index is 590. The maximum Gasteiger partial charge on any atom is 0.244 e. The van der Waals surface area contributed by atoms with Crippen molar-refractivity contribution in [3.8, 4) is 0 Å². The molecule has 0 aromatic carbocycles. The van der Waals surface area contributed by atoms with Gasteiger partial charge in [0.25, 0.3) is 0 Å². The molecular formula is C12H18BrClN2O2S2. The van der Waals surface area contributed by atoms with Gasteiger partial charge in [0.1, 0.15) is 0 Å². The van der Waals surface area contributed by atoms with E-state index in [1.54, 1.807) is 10.4 Å². The molecule has 0 radical (unpaired) electrons. The third-order valence-electron chi connectivity index (χ3n) is 3.95. The second-order valence-corrected chi connectivity index (χ2v) is 9.80. The Labute approximate surface area is 138 Å². The highest BCUT2D eigenvalue weighted by molar-refractivity contribution is 9.11. The Morgan fingerprint density at radius 3 is 2.70 bits per heavy atom. The van der Waals surface area contributed by atoms with E-state index in [0.717, 1.165) is 21.5 Å². The predicted octanol–water partition coefficient (Wildman–Crippen LogP) is 2.76.